The maximum Gasteiger partial charge on any atom is 0.309 e. The molecule has 0 aliphatic heterocycles. The van der Waals surface area contributed by atoms with E-state index in [0.717, 1.165) is 24.8 Å². The van der Waals surface area contributed by atoms with Gasteiger partial charge >= 0.3 is 5.97 Å². The van der Waals surface area contributed by atoms with Crippen molar-refractivity contribution in [1.29, 1.82) is 0 Å². The van der Waals surface area contributed by atoms with Crippen molar-refractivity contribution < 1.29 is 14.3 Å². The fraction of sp³-hybridized carbons (Fsp3) is 0.529. The number of unbranched alkanes of at least 4 members (excludes halogenated alkanes) is 2. The molecule has 0 saturated heterocycles. The Morgan fingerprint density at radius 2 is 1.85 bits per heavy atom. The van der Waals surface area contributed by atoms with Gasteiger partial charge in [-0.2, -0.15) is 0 Å². The van der Waals surface area contributed by atoms with Crippen LogP contribution in [0.25, 0.3) is 0 Å². The van der Waals surface area contributed by atoms with Crippen LogP contribution in [0.2, 0.25) is 0 Å². The van der Waals surface area contributed by atoms with Gasteiger partial charge in [0.1, 0.15) is 12.4 Å². The topological polar surface area (TPSA) is 43.4 Å². The van der Waals surface area contributed by atoms with Crippen LogP contribution < -0.4 is 0 Å². The number of carbonyl (C=O) groups is 2. The van der Waals surface area contributed by atoms with Crippen molar-refractivity contribution in [2.24, 2.45) is 5.92 Å². The van der Waals surface area contributed by atoms with E-state index in [9.17, 15) is 9.59 Å². The van der Waals surface area contributed by atoms with Crippen molar-refractivity contribution in [3.8, 4) is 0 Å². The summed E-state index contributed by atoms with van der Waals surface area (Å²) in [4.78, 5) is 23.5. The maximum atomic E-state index is 11.8. The first-order valence-corrected chi connectivity index (χ1v) is 7.35. The van der Waals surface area contributed by atoms with Crippen LogP contribution in [0.5, 0.6) is 0 Å². The van der Waals surface area contributed by atoms with Crippen molar-refractivity contribution in [2.45, 2.75) is 52.6 Å². The van der Waals surface area contributed by atoms with E-state index in [1.165, 1.54) is 0 Å². The zero-order valence-corrected chi connectivity index (χ0v) is 12.4. The average molecular weight is 276 g/mol. The van der Waals surface area contributed by atoms with Crippen LogP contribution >= 0.6 is 0 Å². The molecule has 0 saturated carbocycles. The fourth-order valence-corrected chi connectivity index (χ4v) is 1.97. The molecule has 3 heteroatoms. The maximum absolute atomic E-state index is 11.8. The van der Waals surface area contributed by atoms with Gasteiger partial charge in [0.05, 0.1) is 5.92 Å². The first-order chi connectivity index (χ1) is 9.63. The zero-order valence-electron chi connectivity index (χ0n) is 12.4. The first kappa shape index (κ1) is 16.4. The number of rotatable bonds is 9. The number of esters is 1. The number of Topliss-reactive ketones (excluding diaryl/α,β-unsaturated/α-hetero) is 1. The normalized spacial score (nSPS) is 11.9. The Kier molecular flexibility index (Phi) is 7.63. The lowest BCUT2D eigenvalue weighted by Gasteiger charge is -2.11. The van der Waals surface area contributed by atoms with Gasteiger partial charge in [-0.25, -0.2) is 0 Å². The van der Waals surface area contributed by atoms with E-state index in [-0.39, 0.29) is 30.7 Å². The molecule has 1 aromatic rings. The summed E-state index contributed by atoms with van der Waals surface area (Å²) in [6.07, 6.45) is 3.95. The largest absolute Gasteiger partial charge is 0.461 e. The Labute approximate surface area is 121 Å². The van der Waals surface area contributed by atoms with Crippen LogP contribution in [0.4, 0.5) is 0 Å². The Bertz CT molecular complexity index is 412. The fourth-order valence-electron chi connectivity index (χ4n) is 1.97. The molecule has 0 aromatic heterocycles. The molecule has 0 aliphatic rings. The summed E-state index contributed by atoms with van der Waals surface area (Å²) in [6.45, 7) is 4.13. The summed E-state index contributed by atoms with van der Waals surface area (Å²) in [5.41, 5.74) is 0.960. The molecule has 0 heterocycles. The van der Waals surface area contributed by atoms with E-state index < -0.39 is 0 Å². The smallest absolute Gasteiger partial charge is 0.309 e. The van der Waals surface area contributed by atoms with Crippen molar-refractivity contribution in [1.82, 2.24) is 0 Å². The molecule has 1 aromatic carbocycles. The summed E-state index contributed by atoms with van der Waals surface area (Å²) in [6, 6.07) is 9.55. The molecular weight excluding hydrogens is 252 g/mol. The van der Waals surface area contributed by atoms with Crippen molar-refractivity contribution >= 4 is 11.8 Å². The molecule has 1 unspecified atom stereocenters. The van der Waals surface area contributed by atoms with E-state index in [2.05, 4.69) is 6.92 Å². The third kappa shape index (κ3) is 6.50. The quantitative estimate of drug-likeness (QED) is 0.507. The third-order valence-electron chi connectivity index (χ3n) is 3.22. The summed E-state index contributed by atoms with van der Waals surface area (Å²) >= 11 is 0. The molecule has 20 heavy (non-hydrogen) atoms. The standard InChI is InChI=1S/C17H24O3/c1-3-4-6-11-16(18)12-14(2)17(19)20-13-15-9-7-5-8-10-15/h5,7-10,14H,3-4,6,11-13H2,1-2H3. The number of benzene rings is 1. The van der Waals surface area contributed by atoms with Gasteiger partial charge in [-0.1, -0.05) is 57.0 Å². The van der Waals surface area contributed by atoms with Gasteiger partial charge in [0, 0.05) is 12.8 Å². The molecule has 1 atom stereocenters. The van der Waals surface area contributed by atoms with Gasteiger partial charge < -0.3 is 4.74 Å². The van der Waals surface area contributed by atoms with E-state index in [1.54, 1.807) is 6.92 Å². The van der Waals surface area contributed by atoms with Crippen LogP contribution in [0, 0.1) is 5.92 Å². The van der Waals surface area contributed by atoms with Crippen molar-refractivity contribution in [3.63, 3.8) is 0 Å². The SMILES string of the molecule is CCCCCC(=O)CC(C)C(=O)OCc1ccccc1. The minimum atomic E-state index is -0.354. The summed E-state index contributed by atoms with van der Waals surface area (Å²) in [5.74, 6) is -0.492. The van der Waals surface area contributed by atoms with Crippen LogP contribution in [-0.4, -0.2) is 11.8 Å². The van der Waals surface area contributed by atoms with Crippen LogP contribution in [0.15, 0.2) is 30.3 Å². The number of hydrogen-bond donors (Lipinski definition) is 0. The minimum Gasteiger partial charge on any atom is -0.461 e. The second-order valence-electron chi connectivity index (χ2n) is 5.19. The van der Waals surface area contributed by atoms with Crippen LogP contribution in [-0.2, 0) is 20.9 Å². The van der Waals surface area contributed by atoms with Gasteiger partial charge in [0.25, 0.3) is 0 Å². The highest BCUT2D eigenvalue weighted by Gasteiger charge is 2.18. The van der Waals surface area contributed by atoms with E-state index in [1.807, 2.05) is 30.3 Å². The van der Waals surface area contributed by atoms with E-state index >= 15 is 0 Å². The Balaban J connectivity index is 2.26. The molecular formula is C17H24O3. The van der Waals surface area contributed by atoms with Crippen LogP contribution in [0.3, 0.4) is 0 Å². The molecule has 110 valence electrons. The molecule has 0 aliphatic carbocycles. The zero-order chi connectivity index (χ0) is 14.8. The molecule has 0 N–H and O–H groups in total. The molecule has 0 amide bonds. The Morgan fingerprint density at radius 1 is 1.15 bits per heavy atom. The second kappa shape index (κ2) is 9.29. The Morgan fingerprint density at radius 3 is 2.50 bits per heavy atom. The van der Waals surface area contributed by atoms with Crippen LogP contribution in [0.1, 0.15) is 51.5 Å². The van der Waals surface area contributed by atoms with Gasteiger partial charge in [0.2, 0.25) is 0 Å². The van der Waals surface area contributed by atoms with Gasteiger partial charge in [-0.05, 0) is 12.0 Å². The summed E-state index contributed by atoms with van der Waals surface area (Å²) in [5, 5.41) is 0. The average Bonchev–Trinajstić information content (AvgIpc) is 2.46. The molecule has 3 nitrogen and oxygen atoms in total. The predicted molar refractivity (Wildman–Crippen MR) is 79.2 cm³/mol. The lowest BCUT2D eigenvalue weighted by Crippen LogP contribution is -2.18. The van der Waals surface area contributed by atoms with Crippen molar-refractivity contribution in [2.75, 3.05) is 0 Å². The lowest BCUT2D eigenvalue weighted by atomic mass is 10.0. The summed E-state index contributed by atoms with van der Waals surface area (Å²) in [7, 11) is 0. The number of ether oxygens (including phenoxy) is 1. The molecule has 0 fully saturated rings. The van der Waals surface area contributed by atoms with E-state index in [4.69, 9.17) is 4.74 Å². The number of hydrogen-bond acceptors (Lipinski definition) is 3. The highest BCUT2D eigenvalue weighted by Crippen LogP contribution is 2.11. The molecule has 0 radical (unpaired) electrons. The highest BCUT2D eigenvalue weighted by molar-refractivity contribution is 5.84. The van der Waals surface area contributed by atoms with E-state index in [0.29, 0.717) is 6.42 Å². The van der Waals surface area contributed by atoms with Crippen molar-refractivity contribution in [3.05, 3.63) is 35.9 Å². The second-order valence-corrected chi connectivity index (χ2v) is 5.19. The molecule has 1 rings (SSSR count). The monoisotopic (exact) mass is 276 g/mol. The first-order valence-electron chi connectivity index (χ1n) is 7.35. The van der Waals surface area contributed by atoms with Gasteiger partial charge in [-0.3, -0.25) is 9.59 Å². The third-order valence-corrected chi connectivity index (χ3v) is 3.22. The predicted octanol–water partition coefficient (Wildman–Crippen LogP) is 3.91. The Hall–Kier alpha value is -1.64. The van der Waals surface area contributed by atoms with Gasteiger partial charge in [0.15, 0.2) is 0 Å². The van der Waals surface area contributed by atoms with Gasteiger partial charge in [-0.15, -0.1) is 0 Å². The molecule has 0 spiro atoms. The number of ketones is 1. The lowest BCUT2D eigenvalue weighted by molar-refractivity contribution is -0.150. The number of carbonyl (C=O) groups excluding carboxylic acids is 2. The minimum absolute atomic E-state index is 0.155. The summed E-state index contributed by atoms with van der Waals surface area (Å²) < 4.78 is 5.23. The highest BCUT2D eigenvalue weighted by atomic mass is 16.5. The molecule has 0 bridgehead atoms.